The summed E-state index contributed by atoms with van der Waals surface area (Å²) in [6, 6.07) is 2.70. The average molecular weight is 255 g/mol. The molecule has 0 bridgehead atoms. The van der Waals surface area contributed by atoms with Crippen molar-refractivity contribution in [1.29, 1.82) is 0 Å². The molecule has 0 saturated carbocycles. The zero-order valence-corrected chi connectivity index (χ0v) is 12.3. The summed E-state index contributed by atoms with van der Waals surface area (Å²) < 4.78 is 5.23. The predicted molar refractivity (Wildman–Crippen MR) is 75.7 cm³/mol. The lowest BCUT2D eigenvalue weighted by atomic mass is 9.99. The summed E-state index contributed by atoms with van der Waals surface area (Å²) in [4.78, 5) is 1.49. The van der Waals surface area contributed by atoms with Crippen molar-refractivity contribution in [2.45, 2.75) is 39.7 Å². The molecule has 0 spiro atoms. The Balaban J connectivity index is 2.63. The van der Waals surface area contributed by atoms with Crippen LogP contribution < -0.4 is 5.32 Å². The first-order valence-corrected chi connectivity index (χ1v) is 7.33. The maximum Gasteiger partial charge on any atom is 0.0488 e. The van der Waals surface area contributed by atoms with Gasteiger partial charge in [0.25, 0.3) is 0 Å². The third-order valence-corrected chi connectivity index (χ3v) is 4.08. The molecule has 1 heterocycles. The molecule has 0 radical (unpaired) electrons. The number of hydrogen-bond donors (Lipinski definition) is 1. The van der Waals surface area contributed by atoms with Crippen molar-refractivity contribution in [3.8, 4) is 0 Å². The van der Waals surface area contributed by atoms with E-state index in [1.54, 1.807) is 7.11 Å². The SMILES string of the molecule is CCCNC(CC(C)COC)c1sccc1C. The number of nitrogens with one attached hydrogen (secondary N) is 1. The second-order valence-electron chi connectivity index (χ2n) is 4.77. The van der Waals surface area contributed by atoms with Crippen LogP contribution >= 0.6 is 11.3 Å². The maximum atomic E-state index is 5.23. The lowest BCUT2D eigenvalue weighted by Gasteiger charge is -2.22. The van der Waals surface area contributed by atoms with Gasteiger partial charge in [0.15, 0.2) is 0 Å². The predicted octanol–water partition coefficient (Wildman–Crippen LogP) is 3.77. The second kappa shape index (κ2) is 7.85. The lowest BCUT2D eigenvalue weighted by molar-refractivity contribution is 0.149. The number of ether oxygens (including phenoxy) is 1. The number of thiophene rings is 1. The molecular formula is C14H25NOS. The van der Waals surface area contributed by atoms with Crippen molar-refractivity contribution >= 4 is 11.3 Å². The van der Waals surface area contributed by atoms with Gasteiger partial charge in [-0.05, 0) is 49.2 Å². The van der Waals surface area contributed by atoms with Crippen LogP contribution in [0.2, 0.25) is 0 Å². The minimum absolute atomic E-state index is 0.486. The van der Waals surface area contributed by atoms with E-state index in [4.69, 9.17) is 4.74 Å². The third kappa shape index (κ3) is 4.78. The van der Waals surface area contributed by atoms with Crippen molar-refractivity contribution in [3.63, 3.8) is 0 Å². The third-order valence-electron chi connectivity index (χ3n) is 2.95. The van der Waals surface area contributed by atoms with Crippen LogP contribution in [0.4, 0.5) is 0 Å². The van der Waals surface area contributed by atoms with E-state index in [0.717, 1.165) is 19.6 Å². The van der Waals surface area contributed by atoms with Crippen LogP contribution in [0.5, 0.6) is 0 Å². The largest absolute Gasteiger partial charge is 0.384 e. The minimum atomic E-state index is 0.486. The highest BCUT2D eigenvalue weighted by Gasteiger charge is 2.17. The second-order valence-corrected chi connectivity index (χ2v) is 5.72. The summed E-state index contributed by atoms with van der Waals surface area (Å²) in [5.74, 6) is 0.593. The highest BCUT2D eigenvalue weighted by atomic mass is 32.1. The first-order valence-electron chi connectivity index (χ1n) is 6.45. The smallest absolute Gasteiger partial charge is 0.0488 e. The van der Waals surface area contributed by atoms with E-state index in [-0.39, 0.29) is 0 Å². The van der Waals surface area contributed by atoms with Crippen molar-refractivity contribution in [2.75, 3.05) is 20.3 Å². The number of aryl methyl sites for hydroxylation is 1. The quantitative estimate of drug-likeness (QED) is 0.763. The summed E-state index contributed by atoms with van der Waals surface area (Å²) in [5, 5.41) is 5.84. The van der Waals surface area contributed by atoms with Gasteiger partial charge in [-0.1, -0.05) is 13.8 Å². The Labute approximate surface area is 109 Å². The lowest BCUT2D eigenvalue weighted by Crippen LogP contribution is -2.24. The first-order chi connectivity index (χ1) is 8.19. The fourth-order valence-electron chi connectivity index (χ4n) is 2.10. The van der Waals surface area contributed by atoms with Gasteiger partial charge in [-0.25, -0.2) is 0 Å². The van der Waals surface area contributed by atoms with E-state index in [2.05, 4.69) is 37.5 Å². The molecule has 1 aromatic heterocycles. The van der Waals surface area contributed by atoms with Crippen molar-refractivity contribution in [1.82, 2.24) is 5.32 Å². The van der Waals surface area contributed by atoms with E-state index in [1.807, 2.05) is 11.3 Å². The van der Waals surface area contributed by atoms with Gasteiger partial charge in [0.05, 0.1) is 0 Å². The van der Waals surface area contributed by atoms with E-state index in [1.165, 1.54) is 16.9 Å². The van der Waals surface area contributed by atoms with Gasteiger partial charge in [0.1, 0.15) is 0 Å². The first kappa shape index (κ1) is 14.7. The Morgan fingerprint density at radius 2 is 2.24 bits per heavy atom. The van der Waals surface area contributed by atoms with Gasteiger partial charge in [0.2, 0.25) is 0 Å². The highest BCUT2D eigenvalue weighted by molar-refractivity contribution is 7.10. The zero-order chi connectivity index (χ0) is 12.7. The van der Waals surface area contributed by atoms with Crippen LogP contribution in [0.1, 0.15) is 43.2 Å². The van der Waals surface area contributed by atoms with Crippen LogP contribution in [0.3, 0.4) is 0 Å². The number of rotatable bonds is 8. The Bertz CT molecular complexity index is 311. The normalized spacial score (nSPS) is 14.8. The maximum absolute atomic E-state index is 5.23. The van der Waals surface area contributed by atoms with E-state index < -0.39 is 0 Å². The fourth-order valence-corrected chi connectivity index (χ4v) is 3.11. The van der Waals surface area contributed by atoms with Gasteiger partial charge in [-0.3, -0.25) is 0 Å². The molecule has 17 heavy (non-hydrogen) atoms. The zero-order valence-electron chi connectivity index (χ0n) is 11.5. The summed E-state index contributed by atoms with van der Waals surface area (Å²) in [6.07, 6.45) is 2.33. The Morgan fingerprint density at radius 1 is 1.47 bits per heavy atom. The molecule has 0 aliphatic rings. The molecule has 1 rings (SSSR count). The molecule has 0 aliphatic heterocycles. The Hall–Kier alpha value is -0.380. The Kier molecular flexibility index (Phi) is 6.78. The average Bonchev–Trinajstić information content (AvgIpc) is 2.71. The van der Waals surface area contributed by atoms with Crippen molar-refractivity contribution < 1.29 is 4.74 Å². The number of methoxy groups -OCH3 is 1. The number of hydrogen-bond acceptors (Lipinski definition) is 3. The van der Waals surface area contributed by atoms with Gasteiger partial charge in [-0.2, -0.15) is 0 Å². The van der Waals surface area contributed by atoms with Crippen molar-refractivity contribution in [3.05, 3.63) is 21.9 Å². The standard InChI is InChI=1S/C14H25NOS/c1-5-7-15-13(9-11(2)10-16-4)14-12(3)6-8-17-14/h6,8,11,13,15H,5,7,9-10H2,1-4H3. The Morgan fingerprint density at radius 3 is 2.76 bits per heavy atom. The van der Waals surface area contributed by atoms with Crippen LogP contribution in [0, 0.1) is 12.8 Å². The van der Waals surface area contributed by atoms with E-state index in [9.17, 15) is 0 Å². The molecule has 2 atom stereocenters. The molecule has 0 saturated heterocycles. The molecule has 0 fully saturated rings. The van der Waals surface area contributed by atoms with E-state index >= 15 is 0 Å². The molecule has 3 heteroatoms. The monoisotopic (exact) mass is 255 g/mol. The van der Waals surface area contributed by atoms with Crippen LogP contribution in [0.15, 0.2) is 11.4 Å². The van der Waals surface area contributed by atoms with Gasteiger partial charge < -0.3 is 10.1 Å². The van der Waals surface area contributed by atoms with Crippen LogP contribution in [0.25, 0.3) is 0 Å². The highest BCUT2D eigenvalue weighted by Crippen LogP contribution is 2.28. The van der Waals surface area contributed by atoms with E-state index in [0.29, 0.717) is 12.0 Å². The summed E-state index contributed by atoms with van der Waals surface area (Å²) >= 11 is 1.86. The topological polar surface area (TPSA) is 21.3 Å². The van der Waals surface area contributed by atoms with Gasteiger partial charge in [0, 0.05) is 24.6 Å². The summed E-state index contributed by atoms with van der Waals surface area (Å²) in [6.45, 7) is 8.60. The molecule has 1 N–H and O–H groups in total. The molecule has 0 amide bonds. The minimum Gasteiger partial charge on any atom is -0.384 e. The van der Waals surface area contributed by atoms with Gasteiger partial charge >= 0.3 is 0 Å². The molecule has 0 aliphatic carbocycles. The van der Waals surface area contributed by atoms with Crippen LogP contribution in [-0.4, -0.2) is 20.3 Å². The molecular weight excluding hydrogens is 230 g/mol. The molecule has 98 valence electrons. The molecule has 2 nitrogen and oxygen atoms in total. The molecule has 1 aromatic rings. The molecule has 2 unspecified atom stereocenters. The van der Waals surface area contributed by atoms with Gasteiger partial charge in [-0.15, -0.1) is 11.3 Å². The van der Waals surface area contributed by atoms with Crippen molar-refractivity contribution in [2.24, 2.45) is 5.92 Å². The fraction of sp³-hybridized carbons (Fsp3) is 0.714. The molecule has 0 aromatic carbocycles. The summed E-state index contributed by atoms with van der Waals surface area (Å²) in [5.41, 5.74) is 1.41. The van der Waals surface area contributed by atoms with Crippen LogP contribution in [-0.2, 0) is 4.74 Å². The summed E-state index contributed by atoms with van der Waals surface area (Å²) in [7, 11) is 1.78.